The number of piperazine rings is 1. The van der Waals surface area contributed by atoms with Crippen LogP contribution in [0.4, 0.5) is 0 Å². The van der Waals surface area contributed by atoms with E-state index in [1.165, 1.54) is 0 Å². The minimum atomic E-state index is -0.111. The number of nitrogens with zero attached hydrogens (tertiary/aromatic N) is 3. The van der Waals surface area contributed by atoms with E-state index in [-0.39, 0.29) is 24.9 Å². The Balaban J connectivity index is 1.93. The zero-order valence-electron chi connectivity index (χ0n) is 16.0. The van der Waals surface area contributed by atoms with E-state index in [0.717, 1.165) is 12.0 Å². The second-order valence-electron chi connectivity index (χ2n) is 6.38. The molecule has 2 rings (SSSR count). The van der Waals surface area contributed by atoms with Crippen LogP contribution in [0.15, 0.2) is 29.3 Å². The Morgan fingerprint density at radius 1 is 1.19 bits per heavy atom. The number of aliphatic imine (C=N–C) groups is 1. The molecule has 2 N–H and O–H groups in total. The van der Waals surface area contributed by atoms with E-state index in [2.05, 4.69) is 15.6 Å². The van der Waals surface area contributed by atoms with Crippen molar-refractivity contribution < 1.29 is 9.59 Å². The third-order valence-corrected chi connectivity index (χ3v) is 4.44. The Kier molecular flexibility index (Phi) is 8.39. The highest BCUT2D eigenvalue weighted by atomic mass is 35.5. The zero-order valence-corrected chi connectivity index (χ0v) is 16.8. The molecule has 0 radical (unpaired) electrons. The van der Waals surface area contributed by atoms with Gasteiger partial charge in [0.2, 0.25) is 11.8 Å². The van der Waals surface area contributed by atoms with Crippen molar-refractivity contribution in [3.8, 4) is 0 Å². The van der Waals surface area contributed by atoms with Crippen LogP contribution in [0.25, 0.3) is 0 Å². The normalized spacial score (nSPS) is 15.1. The van der Waals surface area contributed by atoms with Crippen LogP contribution in [0, 0.1) is 0 Å². The minimum Gasteiger partial charge on any atom is -0.356 e. The Bertz CT molecular complexity index is 663. The topological polar surface area (TPSA) is 77.0 Å². The zero-order chi connectivity index (χ0) is 19.6. The molecule has 0 saturated carbocycles. The van der Waals surface area contributed by atoms with Gasteiger partial charge in [-0.15, -0.1) is 0 Å². The smallest absolute Gasteiger partial charge is 0.242 e. The molecule has 1 fully saturated rings. The molecule has 0 spiro atoms. The van der Waals surface area contributed by atoms with Crippen LogP contribution in [0.3, 0.4) is 0 Å². The van der Waals surface area contributed by atoms with Crippen molar-refractivity contribution in [2.45, 2.75) is 26.8 Å². The number of amides is 2. The van der Waals surface area contributed by atoms with E-state index in [1.807, 2.05) is 47.9 Å². The van der Waals surface area contributed by atoms with E-state index in [4.69, 9.17) is 11.6 Å². The van der Waals surface area contributed by atoms with Crippen LogP contribution in [-0.2, 0) is 16.1 Å². The van der Waals surface area contributed by atoms with Crippen molar-refractivity contribution in [1.29, 1.82) is 0 Å². The molecule has 0 atom stereocenters. The molecule has 1 saturated heterocycles. The summed E-state index contributed by atoms with van der Waals surface area (Å²) in [5, 5.41) is 6.65. The lowest BCUT2D eigenvalue weighted by atomic mass is 10.2. The maximum Gasteiger partial charge on any atom is 0.242 e. The predicted molar refractivity (Wildman–Crippen MR) is 108 cm³/mol. The van der Waals surface area contributed by atoms with Gasteiger partial charge in [-0.2, -0.15) is 0 Å². The number of hydrogen-bond donors (Lipinski definition) is 2. The summed E-state index contributed by atoms with van der Waals surface area (Å²) in [5.74, 6) is 0.529. The molecule has 1 aromatic carbocycles. The van der Waals surface area contributed by atoms with Crippen LogP contribution >= 0.6 is 11.6 Å². The van der Waals surface area contributed by atoms with E-state index in [0.29, 0.717) is 43.7 Å². The second kappa shape index (κ2) is 10.8. The first-order valence-corrected chi connectivity index (χ1v) is 9.73. The summed E-state index contributed by atoms with van der Waals surface area (Å²) in [6, 6.07) is 7.53. The van der Waals surface area contributed by atoms with Crippen LogP contribution in [0.1, 0.15) is 25.8 Å². The van der Waals surface area contributed by atoms with Gasteiger partial charge in [0.25, 0.3) is 0 Å². The van der Waals surface area contributed by atoms with Crippen molar-refractivity contribution in [1.82, 2.24) is 20.4 Å². The molecule has 0 unspecified atom stereocenters. The molecule has 7 nitrogen and oxygen atoms in total. The SMILES string of the molecule is CCCNC(=O)CN=C(NCC)N1CCN(Cc2ccc(Cl)cc2)C(=O)C1. The molecule has 27 heavy (non-hydrogen) atoms. The first-order valence-electron chi connectivity index (χ1n) is 9.35. The summed E-state index contributed by atoms with van der Waals surface area (Å²) in [6.45, 7) is 7.43. The summed E-state index contributed by atoms with van der Waals surface area (Å²) in [7, 11) is 0. The predicted octanol–water partition coefficient (Wildman–Crippen LogP) is 1.48. The Morgan fingerprint density at radius 2 is 1.93 bits per heavy atom. The standard InChI is InChI=1S/C19H28ClN5O2/c1-3-9-22-17(26)12-23-19(21-4-2)25-11-10-24(18(27)14-25)13-15-5-7-16(20)8-6-15/h5-8H,3-4,9-14H2,1-2H3,(H,21,23)(H,22,26). The Morgan fingerprint density at radius 3 is 2.56 bits per heavy atom. The molecule has 0 bridgehead atoms. The van der Waals surface area contributed by atoms with E-state index < -0.39 is 0 Å². The first kappa shape index (κ1) is 21.0. The summed E-state index contributed by atoms with van der Waals surface area (Å²) in [4.78, 5) is 32.5. The summed E-state index contributed by atoms with van der Waals surface area (Å²) >= 11 is 5.91. The third kappa shape index (κ3) is 6.75. The largest absolute Gasteiger partial charge is 0.356 e. The van der Waals surface area contributed by atoms with E-state index in [9.17, 15) is 9.59 Å². The molecular formula is C19H28ClN5O2. The molecule has 2 amide bonds. The van der Waals surface area contributed by atoms with Gasteiger partial charge in [0, 0.05) is 37.7 Å². The number of carbonyl (C=O) groups is 2. The van der Waals surface area contributed by atoms with Gasteiger partial charge < -0.3 is 20.4 Å². The van der Waals surface area contributed by atoms with Crippen molar-refractivity contribution in [3.63, 3.8) is 0 Å². The number of nitrogens with one attached hydrogen (secondary N) is 2. The van der Waals surface area contributed by atoms with Gasteiger partial charge >= 0.3 is 0 Å². The molecule has 8 heteroatoms. The molecule has 1 heterocycles. The van der Waals surface area contributed by atoms with Crippen molar-refractivity contribution in [2.75, 3.05) is 39.3 Å². The average Bonchev–Trinajstić information content (AvgIpc) is 2.66. The Labute approximate surface area is 165 Å². The van der Waals surface area contributed by atoms with Crippen LogP contribution < -0.4 is 10.6 Å². The minimum absolute atomic E-state index is 0.0391. The summed E-state index contributed by atoms with van der Waals surface area (Å²) in [5.41, 5.74) is 1.05. The highest BCUT2D eigenvalue weighted by molar-refractivity contribution is 6.30. The quantitative estimate of drug-likeness (QED) is 0.543. The van der Waals surface area contributed by atoms with E-state index >= 15 is 0 Å². The van der Waals surface area contributed by atoms with Crippen LogP contribution in [0.2, 0.25) is 5.02 Å². The summed E-state index contributed by atoms with van der Waals surface area (Å²) in [6.07, 6.45) is 0.888. The fraction of sp³-hybridized carbons (Fsp3) is 0.526. The number of halogens is 1. The molecule has 148 valence electrons. The van der Waals surface area contributed by atoms with Gasteiger partial charge in [-0.05, 0) is 31.0 Å². The van der Waals surface area contributed by atoms with Crippen LogP contribution in [0.5, 0.6) is 0 Å². The maximum atomic E-state index is 12.6. The van der Waals surface area contributed by atoms with Gasteiger partial charge in [0.05, 0.1) is 6.54 Å². The number of benzene rings is 1. The number of guanidine groups is 1. The van der Waals surface area contributed by atoms with Crippen molar-refractivity contribution >= 4 is 29.4 Å². The van der Waals surface area contributed by atoms with Crippen molar-refractivity contribution in [2.24, 2.45) is 4.99 Å². The molecule has 0 aliphatic carbocycles. The van der Waals surface area contributed by atoms with Gasteiger partial charge in [0.1, 0.15) is 6.54 Å². The van der Waals surface area contributed by atoms with Gasteiger partial charge in [-0.3, -0.25) is 9.59 Å². The van der Waals surface area contributed by atoms with Gasteiger partial charge in [0.15, 0.2) is 5.96 Å². The highest BCUT2D eigenvalue weighted by Gasteiger charge is 2.26. The molecule has 0 aromatic heterocycles. The molecule has 1 aliphatic rings. The fourth-order valence-electron chi connectivity index (χ4n) is 2.76. The van der Waals surface area contributed by atoms with Crippen LogP contribution in [-0.4, -0.2) is 66.8 Å². The summed E-state index contributed by atoms with van der Waals surface area (Å²) < 4.78 is 0. The first-order chi connectivity index (χ1) is 13.0. The molecule has 1 aromatic rings. The fourth-order valence-corrected chi connectivity index (χ4v) is 2.89. The lowest BCUT2D eigenvalue weighted by Crippen LogP contribution is -2.55. The van der Waals surface area contributed by atoms with Gasteiger partial charge in [-0.1, -0.05) is 30.7 Å². The van der Waals surface area contributed by atoms with Gasteiger partial charge in [-0.25, -0.2) is 4.99 Å². The lowest BCUT2D eigenvalue weighted by Gasteiger charge is -2.36. The molecular weight excluding hydrogens is 366 g/mol. The maximum absolute atomic E-state index is 12.6. The second-order valence-corrected chi connectivity index (χ2v) is 6.82. The average molecular weight is 394 g/mol. The number of carbonyl (C=O) groups excluding carboxylic acids is 2. The Hall–Kier alpha value is -2.28. The van der Waals surface area contributed by atoms with Crippen molar-refractivity contribution in [3.05, 3.63) is 34.9 Å². The third-order valence-electron chi connectivity index (χ3n) is 4.18. The number of rotatable bonds is 7. The molecule has 1 aliphatic heterocycles. The monoisotopic (exact) mass is 393 g/mol. The van der Waals surface area contributed by atoms with E-state index in [1.54, 1.807) is 0 Å². The lowest BCUT2D eigenvalue weighted by molar-refractivity contribution is -0.135. The highest BCUT2D eigenvalue weighted by Crippen LogP contribution is 2.13. The number of hydrogen-bond acceptors (Lipinski definition) is 3.